The lowest BCUT2D eigenvalue weighted by Crippen LogP contribution is -2.23. The summed E-state index contributed by atoms with van der Waals surface area (Å²) >= 11 is 6.78. The van der Waals surface area contributed by atoms with Gasteiger partial charge in [-0.15, -0.1) is 10.2 Å². The number of rotatable bonds is 8. The van der Waals surface area contributed by atoms with Crippen molar-refractivity contribution in [3.63, 3.8) is 0 Å². The van der Waals surface area contributed by atoms with Gasteiger partial charge >= 0.3 is 0 Å². The van der Waals surface area contributed by atoms with Crippen LogP contribution in [0.1, 0.15) is 40.9 Å². The summed E-state index contributed by atoms with van der Waals surface area (Å²) in [5.74, 6) is -0.488. The van der Waals surface area contributed by atoms with Gasteiger partial charge in [0.1, 0.15) is 0 Å². The molecule has 0 aliphatic rings. The van der Waals surface area contributed by atoms with Crippen molar-refractivity contribution < 1.29 is 13.2 Å². The Morgan fingerprint density at radius 2 is 1.83 bits per heavy atom. The standard InChI is InChI=1S/C20H21ClN4O3S2/c1-3-13-9-10-14(4-2)15(11-13)12-22-30(27,28)20-25-24-19(29-20)23-18(26)16-7-5-6-8-17(16)21/h5-11,22H,3-4,12H2,1-2H3,(H,23,24,26). The molecule has 3 aromatic rings. The van der Waals surface area contributed by atoms with Crippen molar-refractivity contribution in [1.29, 1.82) is 0 Å². The molecule has 0 radical (unpaired) electrons. The SMILES string of the molecule is CCc1ccc(CC)c(CNS(=O)(=O)c2nnc(NC(=O)c3ccccc3Cl)s2)c1. The van der Waals surface area contributed by atoms with E-state index in [-0.39, 0.29) is 26.6 Å². The second-order valence-electron chi connectivity index (χ2n) is 6.44. The third kappa shape index (κ3) is 5.23. The van der Waals surface area contributed by atoms with E-state index in [1.165, 1.54) is 0 Å². The normalized spacial score (nSPS) is 11.4. The topological polar surface area (TPSA) is 101 Å². The number of sulfonamides is 1. The number of nitrogens with one attached hydrogen (secondary N) is 2. The Balaban J connectivity index is 1.72. The molecule has 0 spiro atoms. The Kier molecular flexibility index (Phi) is 7.19. The predicted octanol–water partition coefficient (Wildman–Crippen LogP) is 4.05. The molecule has 0 saturated carbocycles. The third-order valence-electron chi connectivity index (χ3n) is 4.49. The van der Waals surface area contributed by atoms with E-state index in [1.807, 2.05) is 19.1 Å². The third-order valence-corrected chi connectivity index (χ3v) is 7.42. The van der Waals surface area contributed by atoms with Crippen LogP contribution in [0.15, 0.2) is 46.8 Å². The van der Waals surface area contributed by atoms with E-state index < -0.39 is 15.9 Å². The van der Waals surface area contributed by atoms with Gasteiger partial charge < -0.3 is 0 Å². The molecule has 10 heteroatoms. The summed E-state index contributed by atoms with van der Waals surface area (Å²) in [5, 5.41) is 10.4. The van der Waals surface area contributed by atoms with Crippen LogP contribution < -0.4 is 10.0 Å². The van der Waals surface area contributed by atoms with E-state index in [1.54, 1.807) is 24.3 Å². The molecule has 0 aliphatic heterocycles. The first-order valence-electron chi connectivity index (χ1n) is 9.33. The largest absolute Gasteiger partial charge is 0.296 e. The van der Waals surface area contributed by atoms with Crippen LogP contribution in [0.5, 0.6) is 0 Å². The van der Waals surface area contributed by atoms with Crippen molar-refractivity contribution in [2.45, 2.75) is 37.6 Å². The number of halogens is 1. The number of hydrogen-bond acceptors (Lipinski definition) is 6. The highest BCUT2D eigenvalue weighted by molar-refractivity contribution is 7.91. The number of hydrogen-bond donors (Lipinski definition) is 2. The second-order valence-corrected chi connectivity index (χ2v) is 9.77. The number of aromatic nitrogens is 2. The lowest BCUT2D eigenvalue weighted by Gasteiger charge is -2.10. The van der Waals surface area contributed by atoms with E-state index in [2.05, 4.69) is 33.2 Å². The lowest BCUT2D eigenvalue weighted by atomic mass is 10.0. The minimum absolute atomic E-state index is 0.0718. The zero-order valence-corrected chi connectivity index (χ0v) is 18.9. The van der Waals surface area contributed by atoms with Crippen LogP contribution in [0.25, 0.3) is 0 Å². The number of nitrogens with zero attached hydrogens (tertiary/aromatic N) is 2. The summed E-state index contributed by atoms with van der Waals surface area (Å²) < 4.78 is 27.6. The fourth-order valence-corrected chi connectivity index (χ4v) is 4.99. The highest BCUT2D eigenvalue weighted by Gasteiger charge is 2.22. The van der Waals surface area contributed by atoms with Gasteiger partial charge in [0, 0.05) is 6.54 Å². The average molecular weight is 465 g/mol. The van der Waals surface area contributed by atoms with Crippen molar-refractivity contribution in [2.24, 2.45) is 0 Å². The maximum atomic E-state index is 12.6. The van der Waals surface area contributed by atoms with Gasteiger partial charge in [-0.1, -0.05) is 67.1 Å². The van der Waals surface area contributed by atoms with Crippen molar-refractivity contribution in [3.05, 3.63) is 69.7 Å². The average Bonchev–Trinajstić information content (AvgIpc) is 3.21. The quantitative estimate of drug-likeness (QED) is 0.490. The molecule has 0 atom stereocenters. The number of aryl methyl sites for hydroxylation is 2. The maximum absolute atomic E-state index is 12.6. The van der Waals surface area contributed by atoms with E-state index in [0.29, 0.717) is 0 Å². The van der Waals surface area contributed by atoms with Gasteiger partial charge in [-0.05, 0) is 41.7 Å². The zero-order chi connectivity index (χ0) is 21.7. The first-order valence-corrected chi connectivity index (χ1v) is 12.0. The molecular weight excluding hydrogens is 444 g/mol. The molecule has 158 valence electrons. The Morgan fingerprint density at radius 3 is 2.53 bits per heavy atom. The highest BCUT2D eigenvalue weighted by Crippen LogP contribution is 2.23. The molecule has 0 saturated heterocycles. The smallest absolute Gasteiger partial charge is 0.270 e. The molecule has 0 unspecified atom stereocenters. The van der Waals surface area contributed by atoms with E-state index in [4.69, 9.17) is 11.6 Å². The molecule has 0 fully saturated rings. The minimum atomic E-state index is -3.87. The molecule has 2 aromatic carbocycles. The van der Waals surface area contributed by atoms with Crippen molar-refractivity contribution in [3.8, 4) is 0 Å². The first kappa shape index (κ1) is 22.4. The van der Waals surface area contributed by atoms with Crippen LogP contribution in [0.4, 0.5) is 5.13 Å². The molecule has 2 N–H and O–H groups in total. The summed E-state index contributed by atoms with van der Waals surface area (Å²) in [7, 11) is -3.87. The number of benzene rings is 2. The molecule has 30 heavy (non-hydrogen) atoms. The van der Waals surface area contributed by atoms with Crippen LogP contribution in [-0.4, -0.2) is 24.5 Å². The van der Waals surface area contributed by atoms with Crippen LogP contribution in [0, 0.1) is 0 Å². The van der Waals surface area contributed by atoms with Gasteiger partial charge in [-0.3, -0.25) is 10.1 Å². The number of carbonyl (C=O) groups is 1. The summed E-state index contributed by atoms with van der Waals surface area (Å²) in [6.45, 7) is 4.23. The molecule has 1 heterocycles. The van der Waals surface area contributed by atoms with Gasteiger partial charge in [0.05, 0.1) is 10.6 Å². The van der Waals surface area contributed by atoms with Crippen LogP contribution in [-0.2, 0) is 29.4 Å². The predicted molar refractivity (Wildman–Crippen MR) is 119 cm³/mol. The molecule has 0 aliphatic carbocycles. The Bertz CT molecular complexity index is 1160. The Labute approximate surface area is 184 Å². The van der Waals surface area contributed by atoms with Gasteiger partial charge in [0.15, 0.2) is 0 Å². The van der Waals surface area contributed by atoms with E-state index >= 15 is 0 Å². The van der Waals surface area contributed by atoms with Gasteiger partial charge in [0.2, 0.25) is 9.47 Å². The first-order chi connectivity index (χ1) is 14.3. The van der Waals surface area contributed by atoms with Crippen LogP contribution in [0.3, 0.4) is 0 Å². The van der Waals surface area contributed by atoms with Crippen LogP contribution >= 0.6 is 22.9 Å². The van der Waals surface area contributed by atoms with Gasteiger partial charge in [-0.2, -0.15) is 0 Å². The van der Waals surface area contributed by atoms with Crippen LogP contribution in [0.2, 0.25) is 5.02 Å². The molecule has 0 bridgehead atoms. The van der Waals surface area contributed by atoms with Gasteiger partial charge in [-0.25, -0.2) is 13.1 Å². The lowest BCUT2D eigenvalue weighted by molar-refractivity contribution is 0.102. The summed E-state index contributed by atoms with van der Waals surface area (Å²) in [6, 6.07) is 12.6. The summed E-state index contributed by atoms with van der Waals surface area (Å²) in [6.07, 6.45) is 1.67. The van der Waals surface area contributed by atoms with E-state index in [0.717, 1.165) is 40.9 Å². The fraction of sp³-hybridized carbons (Fsp3) is 0.250. The molecular formula is C20H21ClN4O3S2. The van der Waals surface area contributed by atoms with Crippen molar-refractivity contribution in [1.82, 2.24) is 14.9 Å². The monoisotopic (exact) mass is 464 g/mol. The molecule has 1 aromatic heterocycles. The van der Waals surface area contributed by atoms with E-state index in [9.17, 15) is 13.2 Å². The highest BCUT2D eigenvalue weighted by atomic mass is 35.5. The van der Waals surface area contributed by atoms with Crippen molar-refractivity contribution >= 4 is 44.0 Å². The molecule has 7 nitrogen and oxygen atoms in total. The number of amides is 1. The number of anilines is 1. The minimum Gasteiger partial charge on any atom is -0.296 e. The number of carbonyl (C=O) groups excluding carboxylic acids is 1. The summed E-state index contributed by atoms with van der Waals surface area (Å²) in [5.41, 5.74) is 3.42. The maximum Gasteiger partial charge on any atom is 0.270 e. The molecule has 1 amide bonds. The van der Waals surface area contributed by atoms with Gasteiger partial charge in [0.25, 0.3) is 15.9 Å². The summed E-state index contributed by atoms with van der Waals surface area (Å²) in [4.78, 5) is 12.3. The zero-order valence-electron chi connectivity index (χ0n) is 16.5. The van der Waals surface area contributed by atoms with Crippen molar-refractivity contribution in [2.75, 3.05) is 5.32 Å². The Morgan fingerprint density at radius 1 is 1.07 bits per heavy atom. The second kappa shape index (κ2) is 9.65. The Hall–Kier alpha value is -2.33. The molecule has 3 rings (SSSR count). The fourth-order valence-electron chi connectivity index (χ4n) is 2.82.